The Morgan fingerprint density at radius 2 is 2.03 bits per heavy atom. The molecule has 0 saturated heterocycles. The van der Waals surface area contributed by atoms with Crippen LogP contribution in [-0.2, 0) is 4.79 Å². The lowest BCUT2D eigenvalue weighted by molar-refractivity contribution is -0.385. The minimum atomic E-state index is -0.715. The van der Waals surface area contributed by atoms with E-state index in [2.05, 4.69) is 15.4 Å². The Bertz CT molecular complexity index is 1250. The molecule has 0 bridgehead atoms. The number of nitrogens with zero attached hydrogens (tertiary/aromatic N) is 4. The predicted octanol–water partition coefficient (Wildman–Crippen LogP) is 3.88. The maximum atomic E-state index is 12.9. The van der Waals surface area contributed by atoms with Crippen molar-refractivity contribution in [2.24, 2.45) is 0 Å². The largest absolute Gasteiger partial charge is 0.497 e. The Labute approximate surface area is 177 Å². The predicted molar refractivity (Wildman–Crippen MR) is 113 cm³/mol. The molecule has 31 heavy (non-hydrogen) atoms. The van der Waals surface area contributed by atoms with Crippen LogP contribution in [0, 0.1) is 10.1 Å². The van der Waals surface area contributed by atoms with Gasteiger partial charge >= 0.3 is 0 Å². The van der Waals surface area contributed by atoms with E-state index in [0.717, 1.165) is 17.7 Å². The molecule has 1 aromatic heterocycles. The van der Waals surface area contributed by atoms with Crippen molar-refractivity contribution in [3.8, 4) is 17.1 Å². The summed E-state index contributed by atoms with van der Waals surface area (Å²) in [6, 6.07) is 13.1. The van der Waals surface area contributed by atoms with E-state index in [1.807, 2.05) is 24.3 Å². The van der Waals surface area contributed by atoms with Gasteiger partial charge in [-0.05, 0) is 31.0 Å². The van der Waals surface area contributed by atoms with Crippen molar-refractivity contribution in [1.29, 1.82) is 0 Å². The zero-order chi connectivity index (χ0) is 21.5. The van der Waals surface area contributed by atoms with Crippen molar-refractivity contribution < 1.29 is 14.5 Å². The Kier molecular flexibility index (Phi) is 4.50. The maximum Gasteiger partial charge on any atom is 0.275 e. The average Bonchev–Trinajstić information content (AvgIpc) is 3.21. The van der Waals surface area contributed by atoms with Crippen LogP contribution in [0.1, 0.15) is 30.9 Å². The van der Waals surface area contributed by atoms with Crippen molar-refractivity contribution in [2.45, 2.75) is 25.3 Å². The minimum Gasteiger partial charge on any atom is -0.497 e. The number of anilines is 1. The van der Waals surface area contributed by atoms with Gasteiger partial charge in [-0.25, -0.2) is 4.68 Å². The first kappa shape index (κ1) is 19.0. The summed E-state index contributed by atoms with van der Waals surface area (Å²) in [4.78, 5) is 28.9. The topological polar surface area (TPSA) is 112 Å². The number of rotatable bonds is 4. The molecule has 156 valence electrons. The van der Waals surface area contributed by atoms with Crippen LogP contribution in [0.2, 0.25) is 0 Å². The van der Waals surface area contributed by atoms with Crippen molar-refractivity contribution in [1.82, 2.24) is 14.8 Å². The molecule has 0 spiro atoms. The molecule has 1 unspecified atom stereocenters. The fraction of sp³-hybridized carbons (Fsp3) is 0.227. The van der Waals surface area contributed by atoms with E-state index >= 15 is 0 Å². The Balaban J connectivity index is 1.71. The normalized spacial score (nSPS) is 17.6. The van der Waals surface area contributed by atoms with E-state index < -0.39 is 11.0 Å². The second kappa shape index (κ2) is 7.35. The Morgan fingerprint density at radius 3 is 2.84 bits per heavy atom. The molecular formula is C22H19N5O4. The number of fused-ring (bicyclic) bond motifs is 1. The molecule has 3 aromatic rings. The molecule has 2 aliphatic rings. The second-order valence-corrected chi connectivity index (χ2v) is 7.45. The van der Waals surface area contributed by atoms with Gasteiger partial charge in [-0.2, -0.15) is 4.98 Å². The first-order chi connectivity index (χ1) is 15.1. The van der Waals surface area contributed by atoms with Crippen molar-refractivity contribution >= 4 is 17.4 Å². The fourth-order valence-electron chi connectivity index (χ4n) is 4.21. The van der Waals surface area contributed by atoms with Crippen molar-refractivity contribution in [3.05, 3.63) is 75.5 Å². The lowest BCUT2D eigenvalue weighted by atomic mass is 9.85. The molecule has 2 heterocycles. The van der Waals surface area contributed by atoms with Gasteiger partial charge < -0.3 is 10.1 Å². The van der Waals surface area contributed by atoms with Gasteiger partial charge in [-0.1, -0.05) is 24.3 Å². The lowest BCUT2D eigenvalue weighted by Gasteiger charge is -2.31. The van der Waals surface area contributed by atoms with Gasteiger partial charge in [0, 0.05) is 29.3 Å². The summed E-state index contributed by atoms with van der Waals surface area (Å²) in [5.41, 5.74) is 2.39. The van der Waals surface area contributed by atoms with Crippen LogP contribution in [0.25, 0.3) is 11.4 Å². The monoisotopic (exact) mass is 417 g/mol. The van der Waals surface area contributed by atoms with Gasteiger partial charge in [0.15, 0.2) is 11.6 Å². The summed E-state index contributed by atoms with van der Waals surface area (Å²) in [7, 11) is 1.58. The van der Waals surface area contributed by atoms with Crippen LogP contribution < -0.4 is 10.1 Å². The van der Waals surface area contributed by atoms with E-state index in [0.29, 0.717) is 41.5 Å². The molecule has 0 fully saturated rings. The van der Waals surface area contributed by atoms with Crippen LogP contribution in [-0.4, -0.2) is 32.6 Å². The van der Waals surface area contributed by atoms with Crippen molar-refractivity contribution in [2.75, 3.05) is 12.4 Å². The zero-order valence-corrected chi connectivity index (χ0v) is 16.7. The minimum absolute atomic E-state index is 0.0269. The smallest absolute Gasteiger partial charge is 0.275 e. The molecule has 9 nitrogen and oxygen atoms in total. The van der Waals surface area contributed by atoms with Crippen LogP contribution in [0.3, 0.4) is 0 Å². The van der Waals surface area contributed by atoms with Crippen LogP contribution in [0.4, 0.5) is 11.6 Å². The van der Waals surface area contributed by atoms with Gasteiger partial charge in [-0.15, -0.1) is 5.10 Å². The summed E-state index contributed by atoms with van der Waals surface area (Å²) in [6.45, 7) is 0. The average molecular weight is 417 g/mol. The van der Waals surface area contributed by atoms with E-state index in [4.69, 9.17) is 4.74 Å². The third kappa shape index (κ3) is 3.14. The van der Waals surface area contributed by atoms with E-state index in [9.17, 15) is 14.9 Å². The summed E-state index contributed by atoms with van der Waals surface area (Å²) in [6.07, 6.45) is 1.81. The SMILES string of the molecule is COc1cccc(-c2nc3n(n2)C(c2ccccc2[N+](=O)[O-])C2=C(CCCC2=O)N3)c1. The number of hydrogen-bond acceptors (Lipinski definition) is 7. The number of nitro benzene ring substituents is 1. The molecule has 0 saturated carbocycles. The number of hydrogen-bond donors (Lipinski definition) is 1. The first-order valence-corrected chi connectivity index (χ1v) is 9.94. The van der Waals surface area contributed by atoms with Gasteiger partial charge in [0.25, 0.3) is 5.69 Å². The van der Waals surface area contributed by atoms with Crippen LogP contribution in [0.15, 0.2) is 59.8 Å². The molecule has 5 rings (SSSR count). The number of carbonyl (C=O) groups is 1. The highest BCUT2D eigenvalue weighted by Crippen LogP contribution is 2.43. The lowest BCUT2D eigenvalue weighted by Crippen LogP contribution is -2.31. The van der Waals surface area contributed by atoms with Gasteiger partial charge in [0.2, 0.25) is 5.95 Å². The fourth-order valence-corrected chi connectivity index (χ4v) is 4.21. The van der Waals surface area contributed by atoms with Gasteiger partial charge in [-0.3, -0.25) is 14.9 Å². The number of aromatic nitrogens is 3. The molecule has 1 N–H and O–H groups in total. The van der Waals surface area contributed by atoms with E-state index in [1.54, 1.807) is 30.0 Å². The molecule has 0 amide bonds. The van der Waals surface area contributed by atoms with Crippen LogP contribution >= 0.6 is 0 Å². The number of allylic oxidation sites excluding steroid dienone is 2. The number of benzene rings is 2. The van der Waals surface area contributed by atoms with Gasteiger partial charge in [0.05, 0.1) is 17.6 Å². The van der Waals surface area contributed by atoms with Crippen molar-refractivity contribution in [3.63, 3.8) is 0 Å². The Hall–Kier alpha value is -4.01. The molecule has 1 aliphatic carbocycles. The molecular weight excluding hydrogens is 398 g/mol. The zero-order valence-electron chi connectivity index (χ0n) is 16.7. The number of nitro groups is 1. The molecule has 1 atom stereocenters. The molecule has 9 heteroatoms. The summed E-state index contributed by atoms with van der Waals surface area (Å²) in [5.74, 6) is 1.54. The maximum absolute atomic E-state index is 12.9. The number of carbonyl (C=O) groups excluding carboxylic acids is 1. The number of methoxy groups -OCH3 is 1. The van der Waals surface area contributed by atoms with E-state index in [-0.39, 0.29) is 11.5 Å². The number of ether oxygens (including phenoxy) is 1. The highest BCUT2D eigenvalue weighted by Gasteiger charge is 2.39. The third-order valence-electron chi connectivity index (χ3n) is 5.62. The number of ketones is 1. The van der Waals surface area contributed by atoms with E-state index in [1.165, 1.54) is 6.07 Å². The summed E-state index contributed by atoms with van der Waals surface area (Å²) in [5, 5.41) is 19.6. The molecule has 0 radical (unpaired) electrons. The van der Waals surface area contributed by atoms with Crippen LogP contribution in [0.5, 0.6) is 5.75 Å². The first-order valence-electron chi connectivity index (χ1n) is 9.94. The highest BCUT2D eigenvalue weighted by atomic mass is 16.6. The third-order valence-corrected chi connectivity index (χ3v) is 5.62. The highest BCUT2D eigenvalue weighted by molar-refractivity contribution is 5.99. The standard InChI is InChI=1S/C22H19N5O4/c1-31-14-7-4-6-13(12-14)21-24-22-23-16-9-5-11-18(28)19(16)20(26(22)25-21)15-8-2-3-10-17(15)27(29)30/h2-4,6-8,10,12,20H,5,9,11H2,1H3,(H,23,24,25). The Morgan fingerprint density at radius 1 is 1.19 bits per heavy atom. The summed E-state index contributed by atoms with van der Waals surface area (Å²) >= 11 is 0. The summed E-state index contributed by atoms with van der Waals surface area (Å²) < 4.78 is 6.88. The second-order valence-electron chi connectivity index (χ2n) is 7.45. The number of Topliss-reactive ketones (excluding diaryl/α,β-unsaturated/α-hetero) is 1. The number of para-hydroxylation sites is 1. The quantitative estimate of drug-likeness (QED) is 0.506. The number of nitrogens with one attached hydrogen (secondary N) is 1. The van der Waals surface area contributed by atoms with Gasteiger partial charge in [0.1, 0.15) is 11.8 Å². The molecule has 2 aromatic carbocycles. The molecule has 1 aliphatic heterocycles.